The Morgan fingerprint density at radius 1 is 1.39 bits per heavy atom. The van der Waals surface area contributed by atoms with Crippen molar-refractivity contribution in [3.8, 4) is 0 Å². The SMILES string of the molecule is Cc1sc(NC(=O)N(C)C2CC2)c(C(=O)O)c1C. The first-order valence-electron chi connectivity index (χ1n) is 5.79. The van der Waals surface area contributed by atoms with Crippen LogP contribution in [0.25, 0.3) is 0 Å². The molecule has 0 radical (unpaired) electrons. The largest absolute Gasteiger partial charge is 0.478 e. The van der Waals surface area contributed by atoms with Gasteiger partial charge in [-0.15, -0.1) is 11.3 Å². The Morgan fingerprint density at radius 3 is 2.50 bits per heavy atom. The molecule has 0 atom stereocenters. The van der Waals surface area contributed by atoms with E-state index in [1.807, 2.05) is 6.92 Å². The van der Waals surface area contributed by atoms with Gasteiger partial charge in [0.15, 0.2) is 0 Å². The Hall–Kier alpha value is -1.56. The number of carboxylic acids is 1. The summed E-state index contributed by atoms with van der Waals surface area (Å²) in [6, 6.07) is 0.0710. The van der Waals surface area contributed by atoms with Gasteiger partial charge in [-0.1, -0.05) is 0 Å². The maximum Gasteiger partial charge on any atom is 0.338 e. The van der Waals surface area contributed by atoms with E-state index in [0.29, 0.717) is 11.0 Å². The second kappa shape index (κ2) is 4.61. The first-order valence-corrected chi connectivity index (χ1v) is 6.60. The van der Waals surface area contributed by atoms with Crippen LogP contribution < -0.4 is 5.32 Å². The Kier molecular flexibility index (Phi) is 3.30. The van der Waals surface area contributed by atoms with E-state index in [-0.39, 0.29) is 11.6 Å². The number of nitrogens with zero attached hydrogens (tertiary/aromatic N) is 1. The Labute approximate surface area is 109 Å². The summed E-state index contributed by atoms with van der Waals surface area (Å²) < 4.78 is 0. The number of carbonyl (C=O) groups excluding carboxylic acids is 1. The predicted molar refractivity (Wildman–Crippen MR) is 70.6 cm³/mol. The van der Waals surface area contributed by atoms with E-state index in [2.05, 4.69) is 5.32 Å². The summed E-state index contributed by atoms with van der Waals surface area (Å²) in [5, 5.41) is 12.3. The summed E-state index contributed by atoms with van der Waals surface area (Å²) in [5.74, 6) is -0.999. The number of aryl methyl sites for hydroxylation is 1. The molecular weight excluding hydrogens is 252 g/mol. The van der Waals surface area contributed by atoms with Crippen LogP contribution in [0.1, 0.15) is 33.6 Å². The number of urea groups is 1. The number of anilines is 1. The number of rotatable bonds is 3. The molecule has 2 N–H and O–H groups in total. The standard InChI is InChI=1S/C12H16N2O3S/c1-6-7(2)18-10(9(6)11(15)16)13-12(17)14(3)8-4-5-8/h8H,4-5H2,1-3H3,(H,13,17)(H,15,16). The summed E-state index contributed by atoms with van der Waals surface area (Å²) in [4.78, 5) is 25.7. The van der Waals surface area contributed by atoms with Crippen molar-refractivity contribution < 1.29 is 14.7 Å². The zero-order valence-corrected chi connectivity index (χ0v) is 11.4. The van der Waals surface area contributed by atoms with Gasteiger partial charge < -0.3 is 10.0 Å². The van der Waals surface area contributed by atoms with E-state index >= 15 is 0 Å². The second-order valence-electron chi connectivity index (χ2n) is 4.56. The molecule has 0 bridgehead atoms. The lowest BCUT2D eigenvalue weighted by Gasteiger charge is -2.16. The van der Waals surface area contributed by atoms with Gasteiger partial charge in [-0.05, 0) is 32.3 Å². The molecule has 0 aromatic carbocycles. The molecule has 5 nitrogen and oxygen atoms in total. The average Bonchev–Trinajstić information content (AvgIpc) is 3.07. The summed E-state index contributed by atoms with van der Waals surface area (Å²) in [6.45, 7) is 3.61. The van der Waals surface area contributed by atoms with E-state index in [1.165, 1.54) is 11.3 Å². The van der Waals surface area contributed by atoms with Crippen molar-refractivity contribution in [2.24, 2.45) is 0 Å². The maximum absolute atomic E-state index is 11.9. The molecular formula is C12H16N2O3S. The third-order valence-electron chi connectivity index (χ3n) is 3.23. The van der Waals surface area contributed by atoms with E-state index in [0.717, 1.165) is 23.3 Å². The van der Waals surface area contributed by atoms with Gasteiger partial charge in [0.1, 0.15) is 5.00 Å². The number of carboxylic acid groups (broad SMARTS) is 1. The normalized spacial score (nSPS) is 14.4. The van der Waals surface area contributed by atoms with Crippen molar-refractivity contribution in [3.05, 3.63) is 16.0 Å². The molecule has 0 spiro atoms. The Bertz CT molecular complexity index is 506. The molecule has 1 heterocycles. The fourth-order valence-corrected chi connectivity index (χ4v) is 2.83. The number of aromatic carboxylic acids is 1. The van der Waals surface area contributed by atoms with Crippen LogP contribution in [-0.4, -0.2) is 35.1 Å². The van der Waals surface area contributed by atoms with Crippen LogP contribution in [0.2, 0.25) is 0 Å². The molecule has 0 saturated heterocycles. The molecule has 2 rings (SSSR count). The highest BCUT2D eigenvalue weighted by Gasteiger charge is 2.30. The van der Waals surface area contributed by atoms with Gasteiger partial charge in [0, 0.05) is 18.0 Å². The number of amides is 2. The first-order chi connectivity index (χ1) is 8.41. The molecule has 1 saturated carbocycles. The van der Waals surface area contributed by atoms with Gasteiger partial charge in [-0.25, -0.2) is 9.59 Å². The maximum atomic E-state index is 11.9. The van der Waals surface area contributed by atoms with Gasteiger partial charge >= 0.3 is 12.0 Å². The molecule has 98 valence electrons. The molecule has 0 unspecified atom stereocenters. The molecule has 6 heteroatoms. The molecule has 1 fully saturated rings. The lowest BCUT2D eigenvalue weighted by atomic mass is 10.1. The number of hydrogen-bond acceptors (Lipinski definition) is 3. The van der Waals surface area contributed by atoms with Gasteiger partial charge in [0.25, 0.3) is 0 Å². The predicted octanol–water partition coefficient (Wildman–Crippen LogP) is 2.69. The molecule has 1 aromatic rings. The third-order valence-corrected chi connectivity index (χ3v) is 4.36. The average molecular weight is 268 g/mol. The van der Waals surface area contributed by atoms with Gasteiger partial charge in [0.2, 0.25) is 0 Å². The smallest absolute Gasteiger partial charge is 0.338 e. The van der Waals surface area contributed by atoms with Crippen LogP contribution in [0.15, 0.2) is 0 Å². The number of thiophene rings is 1. The van der Waals surface area contributed by atoms with E-state index in [9.17, 15) is 14.7 Å². The third kappa shape index (κ3) is 2.33. The van der Waals surface area contributed by atoms with E-state index in [4.69, 9.17) is 0 Å². The van der Waals surface area contributed by atoms with Crippen molar-refractivity contribution in [2.45, 2.75) is 32.7 Å². The fraction of sp³-hybridized carbons (Fsp3) is 0.500. The first kappa shape index (κ1) is 12.9. The van der Waals surface area contributed by atoms with Crippen molar-refractivity contribution in [2.75, 3.05) is 12.4 Å². The Morgan fingerprint density at radius 2 is 2.00 bits per heavy atom. The molecule has 18 heavy (non-hydrogen) atoms. The molecule has 2 amide bonds. The van der Waals surface area contributed by atoms with Crippen LogP contribution in [-0.2, 0) is 0 Å². The fourth-order valence-electron chi connectivity index (χ4n) is 1.79. The monoisotopic (exact) mass is 268 g/mol. The number of hydrogen-bond donors (Lipinski definition) is 2. The van der Waals surface area contributed by atoms with Crippen molar-refractivity contribution in [1.82, 2.24) is 4.90 Å². The van der Waals surface area contributed by atoms with Crippen LogP contribution in [0, 0.1) is 13.8 Å². The minimum absolute atomic E-state index is 0.204. The highest BCUT2D eigenvalue weighted by molar-refractivity contribution is 7.16. The zero-order valence-electron chi connectivity index (χ0n) is 10.6. The summed E-state index contributed by atoms with van der Waals surface area (Å²) in [7, 11) is 1.74. The molecule has 1 aliphatic carbocycles. The minimum Gasteiger partial charge on any atom is -0.478 e. The van der Waals surface area contributed by atoms with E-state index in [1.54, 1.807) is 18.9 Å². The quantitative estimate of drug-likeness (QED) is 0.885. The lowest BCUT2D eigenvalue weighted by molar-refractivity contribution is 0.0697. The molecule has 1 aromatic heterocycles. The Balaban J connectivity index is 2.20. The van der Waals surface area contributed by atoms with Gasteiger partial charge in [-0.2, -0.15) is 0 Å². The highest BCUT2D eigenvalue weighted by Crippen LogP contribution is 2.33. The van der Waals surface area contributed by atoms with Gasteiger partial charge in [-0.3, -0.25) is 5.32 Å². The highest BCUT2D eigenvalue weighted by atomic mass is 32.1. The van der Waals surface area contributed by atoms with E-state index < -0.39 is 5.97 Å². The van der Waals surface area contributed by atoms with Crippen molar-refractivity contribution >= 4 is 28.3 Å². The lowest BCUT2D eigenvalue weighted by Crippen LogP contribution is -2.33. The van der Waals surface area contributed by atoms with Crippen LogP contribution in [0.5, 0.6) is 0 Å². The van der Waals surface area contributed by atoms with Crippen LogP contribution in [0.3, 0.4) is 0 Å². The number of carbonyl (C=O) groups is 2. The summed E-state index contributed by atoms with van der Waals surface area (Å²) in [6.07, 6.45) is 2.05. The van der Waals surface area contributed by atoms with Crippen molar-refractivity contribution in [1.29, 1.82) is 0 Å². The zero-order chi connectivity index (χ0) is 13.4. The van der Waals surface area contributed by atoms with Gasteiger partial charge in [0.05, 0.1) is 5.56 Å². The topological polar surface area (TPSA) is 69.6 Å². The van der Waals surface area contributed by atoms with Crippen LogP contribution in [0.4, 0.5) is 9.80 Å². The summed E-state index contributed by atoms with van der Waals surface area (Å²) in [5.41, 5.74) is 0.923. The molecule has 0 aliphatic heterocycles. The second-order valence-corrected chi connectivity index (χ2v) is 5.79. The van der Waals surface area contributed by atoms with Crippen LogP contribution >= 0.6 is 11.3 Å². The summed E-state index contributed by atoms with van der Waals surface area (Å²) >= 11 is 1.31. The number of nitrogens with one attached hydrogen (secondary N) is 1. The molecule has 1 aliphatic rings. The minimum atomic E-state index is -0.999. The van der Waals surface area contributed by atoms with Crippen molar-refractivity contribution in [3.63, 3.8) is 0 Å².